The van der Waals surface area contributed by atoms with Gasteiger partial charge in [-0.05, 0) is 25.0 Å². The van der Waals surface area contributed by atoms with Gasteiger partial charge in [-0.3, -0.25) is 14.6 Å². The highest BCUT2D eigenvalue weighted by Crippen LogP contribution is 2.28. The van der Waals surface area contributed by atoms with Gasteiger partial charge in [0.1, 0.15) is 11.4 Å². The lowest BCUT2D eigenvalue weighted by Gasteiger charge is -2.30. The Labute approximate surface area is 164 Å². The number of aromatic nitrogens is 4. The van der Waals surface area contributed by atoms with Crippen molar-refractivity contribution in [3.63, 3.8) is 0 Å². The zero-order chi connectivity index (χ0) is 19.5. The number of rotatable bonds is 4. The molecule has 3 aromatic heterocycles. The Kier molecular flexibility index (Phi) is 5.11. The Morgan fingerprint density at radius 1 is 1.25 bits per heavy atom. The van der Waals surface area contributed by atoms with E-state index in [1.165, 1.54) is 18.3 Å². The number of nitrogens with one attached hydrogen (secondary N) is 1. The van der Waals surface area contributed by atoms with Gasteiger partial charge in [-0.2, -0.15) is 4.98 Å². The van der Waals surface area contributed by atoms with Crippen molar-refractivity contribution in [3.8, 4) is 11.6 Å². The monoisotopic (exact) mass is 398 g/mol. The predicted molar refractivity (Wildman–Crippen MR) is 102 cm³/mol. The molecule has 10 heteroatoms. The molecule has 144 valence electrons. The Morgan fingerprint density at radius 3 is 2.79 bits per heavy atom. The molecule has 9 nitrogen and oxygen atoms in total. The van der Waals surface area contributed by atoms with Crippen LogP contribution < -0.4 is 5.32 Å². The fraction of sp³-hybridized carbons (Fsp3) is 0.333. The molecule has 1 aliphatic rings. The molecule has 4 heterocycles. The normalized spacial score (nSPS) is 14.8. The predicted octanol–water partition coefficient (Wildman–Crippen LogP) is 2.57. The minimum atomic E-state index is -0.209. The second-order valence-corrected chi connectivity index (χ2v) is 7.32. The molecule has 28 heavy (non-hydrogen) atoms. The molecule has 0 radical (unpaired) electrons. The van der Waals surface area contributed by atoms with Crippen LogP contribution in [0, 0.1) is 0 Å². The maximum Gasteiger partial charge on any atom is 0.276 e. The number of hydrogen-bond acceptors (Lipinski definition) is 8. The van der Waals surface area contributed by atoms with E-state index in [9.17, 15) is 9.59 Å². The minimum Gasteiger partial charge on any atom is -0.337 e. The van der Waals surface area contributed by atoms with E-state index in [-0.39, 0.29) is 17.7 Å². The Balaban J connectivity index is 1.37. The molecular formula is C18H18N6O3S. The van der Waals surface area contributed by atoms with E-state index in [2.05, 4.69) is 25.4 Å². The topological polar surface area (TPSA) is 114 Å². The standard InChI is InChI=1S/C18H18N6O3S/c1-11(25)20-18-21-14(10-28-18)17(26)24-8-5-12(6-9-24)15-22-16(27-23-15)13-4-2-3-7-19-13/h2-4,7,10,12H,5-6,8-9H2,1H3,(H,20,21,25). The summed E-state index contributed by atoms with van der Waals surface area (Å²) in [6.45, 7) is 2.58. The number of piperidine rings is 1. The molecular weight excluding hydrogens is 380 g/mol. The molecule has 0 bridgehead atoms. The maximum absolute atomic E-state index is 12.6. The average Bonchev–Trinajstić information content (AvgIpc) is 3.38. The second kappa shape index (κ2) is 7.85. The molecule has 4 rings (SSSR count). The fourth-order valence-corrected chi connectivity index (χ4v) is 3.81. The van der Waals surface area contributed by atoms with Crippen molar-refractivity contribution in [1.82, 2.24) is 25.0 Å². The van der Waals surface area contributed by atoms with Crippen LogP contribution in [0.15, 0.2) is 34.3 Å². The van der Waals surface area contributed by atoms with E-state index in [1.54, 1.807) is 16.5 Å². The lowest BCUT2D eigenvalue weighted by molar-refractivity contribution is -0.114. The van der Waals surface area contributed by atoms with Gasteiger partial charge in [-0.15, -0.1) is 11.3 Å². The third-order valence-corrected chi connectivity index (χ3v) is 5.24. The van der Waals surface area contributed by atoms with Crippen molar-refractivity contribution in [2.75, 3.05) is 18.4 Å². The summed E-state index contributed by atoms with van der Waals surface area (Å²) < 4.78 is 5.33. The zero-order valence-electron chi connectivity index (χ0n) is 15.2. The van der Waals surface area contributed by atoms with Crippen molar-refractivity contribution in [2.24, 2.45) is 0 Å². The van der Waals surface area contributed by atoms with Crippen molar-refractivity contribution in [1.29, 1.82) is 0 Å². The van der Waals surface area contributed by atoms with E-state index in [1.807, 2.05) is 18.2 Å². The molecule has 0 unspecified atom stereocenters. The summed E-state index contributed by atoms with van der Waals surface area (Å²) in [6.07, 6.45) is 3.17. The smallest absolute Gasteiger partial charge is 0.276 e. The van der Waals surface area contributed by atoms with Crippen LogP contribution in [0.1, 0.15) is 42.0 Å². The summed E-state index contributed by atoms with van der Waals surface area (Å²) in [6, 6.07) is 5.52. The number of likely N-dealkylation sites (tertiary alicyclic amines) is 1. The molecule has 3 aromatic rings. The summed E-state index contributed by atoms with van der Waals surface area (Å²) in [5, 5.41) is 8.78. The third-order valence-electron chi connectivity index (χ3n) is 4.48. The Morgan fingerprint density at radius 2 is 2.07 bits per heavy atom. The molecule has 1 fully saturated rings. The van der Waals surface area contributed by atoms with E-state index in [0.29, 0.717) is 41.3 Å². The number of carbonyl (C=O) groups excluding carboxylic acids is 2. The van der Waals surface area contributed by atoms with Crippen LogP contribution in [0.25, 0.3) is 11.6 Å². The lowest BCUT2D eigenvalue weighted by Crippen LogP contribution is -2.38. The minimum absolute atomic E-state index is 0.131. The zero-order valence-corrected chi connectivity index (χ0v) is 16.0. The summed E-state index contributed by atoms with van der Waals surface area (Å²) in [7, 11) is 0. The van der Waals surface area contributed by atoms with Crippen LogP contribution in [-0.4, -0.2) is 49.9 Å². The van der Waals surface area contributed by atoms with E-state index >= 15 is 0 Å². The first kappa shape index (κ1) is 18.2. The van der Waals surface area contributed by atoms with E-state index in [4.69, 9.17) is 4.52 Å². The van der Waals surface area contributed by atoms with Gasteiger partial charge in [0.15, 0.2) is 11.0 Å². The third kappa shape index (κ3) is 3.91. The van der Waals surface area contributed by atoms with E-state index < -0.39 is 0 Å². The molecule has 1 saturated heterocycles. The molecule has 1 aliphatic heterocycles. The maximum atomic E-state index is 12.6. The quantitative estimate of drug-likeness (QED) is 0.718. The largest absolute Gasteiger partial charge is 0.337 e. The van der Waals surface area contributed by atoms with Crippen LogP contribution in [0.5, 0.6) is 0 Å². The number of anilines is 1. The van der Waals surface area contributed by atoms with Gasteiger partial charge in [0.2, 0.25) is 5.91 Å². The first-order chi connectivity index (χ1) is 13.6. The Hall–Kier alpha value is -3.14. The van der Waals surface area contributed by atoms with Crippen LogP contribution in [0.4, 0.5) is 5.13 Å². The fourth-order valence-electron chi connectivity index (χ4n) is 3.08. The SMILES string of the molecule is CC(=O)Nc1nc(C(=O)N2CCC(c3noc(-c4ccccn4)n3)CC2)cs1. The van der Waals surface area contributed by atoms with Crippen molar-refractivity contribution >= 4 is 28.3 Å². The number of thiazole rings is 1. The van der Waals surface area contributed by atoms with Crippen LogP contribution in [-0.2, 0) is 4.79 Å². The summed E-state index contributed by atoms with van der Waals surface area (Å²) >= 11 is 1.24. The molecule has 0 aromatic carbocycles. The van der Waals surface area contributed by atoms with Crippen molar-refractivity contribution in [3.05, 3.63) is 41.3 Å². The summed E-state index contributed by atoms with van der Waals surface area (Å²) in [4.78, 5) is 38.4. The highest BCUT2D eigenvalue weighted by molar-refractivity contribution is 7.14. The van der Waals surface area contributed by atoms with Gasteiger partial charge in [0, 0.05) is 37.5 Å². The summed E-state index contributed by atoms with van der Waals surface area (Å²) in [5.41, 5.74) is 0.997. The highest BCUT2D eigenvalue weighted by atomic mass is 32.1. The van der Waals surface area contributed by atoms with Crippen LogP contribution in [0.2, 0.25) is 0 Å². The molecule has 0 spiro atoms. The first-order valence-corrected chi connectivity index (χ1v) is 9.75. The van der Waals surface area contributed by atoms with Gasteiger partial charge >= 0.3 is 0 Å². The molecule has 0 aliphatic carbocycles. The highest BCUT2D eigenvalue weighted by Gasteiger charge is 2.28. The number of hydrogen-bond donors (Lipinski definition) is 1. The van der Waals surface area contributed by atoms with Gasteiger partial charge in [-0.1, -0.05) is 11.2 Å². The molecule has 0 atom stereocenters. The van der Waals surface area contributed by atoms with Crippen molar-refractivity contribution in [2.45, 2.75) is 25.7 Å². The lowest BCUT2D eigenvalue weighted by atomic mass is 9.96. The number of nitrogens with zero attached hydrogens (tertiary/aromatic N) is 5. The van der Waals surface area contributed by atoms with Crippen LogP contribution >= 0.6 is 11.3 Å². The van der Waals surface area contributed by atoms with Crippen LogP contribution in [0.3, 0.4) is 0 Å². The second-order valence-electron chi connectivity index (χ2n) is 6.46. The van der Waals surface area contributed by atoms with Gasteiger partial charge in [-0.25, -0.2) is 4.98 Å². The first-order valence-electron chi connectivity index (χ1n) is 8.87. The van der Waals surface area contributed by atoms with Gasteiger partial charge < -0.3 is 14.7 Å². The van der Waals surface area contributed by atoms with Gasteiger partial charge in [0.05, 0.1) is 0 Å². The Bertz CT molecular complexity index is 978. The molecule has 0 saturated carbocycles. The number of amides is 2. The van der Waals surface area contributed by atoms with Crippen molar-refractivity contribution < 1.29 is 14.1 Å². The summed E-state index contributed by atoms with van der Waals surface area (Å²) in [5.74, 6) is 0.847. The molecule has 2 amide bonds. The van der Waals surface area contributed by atoms with E-state index in [0.717, 1.165) is 12.8 Å². The number of carbonyl (C=O) groups is 2. The molecule has 1 N–H and O–H groups in total. The van der Waals surface area contributed by atoms with Gasteiger partial charge in [0.25, 0.3) is 11.8 Å². The average molecular weight is 398 g/mol. The number of pyridine rings is 1.